The van der Waals surface area contributed by atoms with Crippen molar-refractivity contribution >= 4 is 34.2 Å². The number of amides is 3. The lowest BCUT2D eigenvalue weighted by molar-refractivity contribution is -0.141. The Hall–Kier alpha value is -4.52. The maximum atomic E-state index is 13.9. The van der Waals surface area contributed by atoms with Gasteiger partial charge in [-0.15, -0.1) is 0 Å². The fourth-order valence-corrected chi connectivity index (χ4v) is 5.58. The summed E-state index contributed by atoms with van der Waals surface area (Å²) < 4.78 is 13.7. The molecule has 0 bridgehead atoms. The van der Waals surface area contributed by atoms with E-state index in [-0.39, 0.29) is 36.5 Å². The highest BCUT2D eigenvalue weighted by Crippen LogP contribution is 2.37. The van der Waals surface area contributed by atoms with Crippen molar-refractivity contribution in [3.05, 3.63) is 114 Å². The molecule has 5 rings (SSSR count). The predicted octanol–water partition coefficient (Wildman–Crippen LogP) is 6.28. The monoisotopic (exact) mass is 565 g/mol. The quantitative estimate of drug-likeness (QED) is 0.194. The Morgan fingerprint density at radius 2 is 1.62 bits per heavy atom. The molecule has 3 amide bonds. The largest absolute Gasteiger partial charge is 0.354 e. The summed E-state index contributed by atoms with van der Waals surface area (Å²) in [7, 11) is 0. The Labute approximate surface area is 246 Å². The topological polar surface area (TPSA) is 69.7 Å². The average molecular weight is 566 g/mol. The van der Waals surface area contributed by atoms with Crippen molar-refractivity contribution in [2.75, 3.05) is 18.0 Å². The fourth-order valence-electron chi connectivity index (χ4n) is 5.58. The molecule has 0 aliphatic carbocycles. The van der Waals surface area contributed by atoms with Crippen LogP contribution in [0.5, 0.6) is 0 Å². The predicted molar refractivity (Wildman–Crippen MR) is 164 cm³/mol. The molecule has 0 spiro atoms. The van der Waals surface area contributed by atoms with Crippen LogP contribution < -0.4 is 10.2 Å². The summed E-state index contributed by atoms with van der Waals surface area (Å²) in [5.74, 6) is -0.816. The number of benzene rings is 4. The number of unbranched alkanes of at least 4 members (excludes halogenated alkanes) is 1. The van der Waals surface area contributed by atoms with Gasteiger partial charge in [-0.3, -0.25) is 14.4 Å². The zero-order valence-electron chi connectivity index (χ0n) is 23.9. The van der Waals surface area contributed by atoms with Gasteiger partial charge < -0.3 is 15.1 Å². The molecule has 6 nitrogen and oxygen atoms in total. The molecule has 7 heteroatoms. The van der Waals surface area contributed by atoms with Gasteiger partial charge in [-0.05, 0) is 53.6 Å². The van der Waals surface area contributed by atoms with Gasteiger partial charge in [0.25, 0.3) is 5.91 Å². The number of hydrogen-bond donors (Lipinski definition) is 1. The molecule has 1 N–H and O–H groups in total. The maximum Gasteiger partial charge on any atom is 0.258 e. The van der Waals surface area contributed by atoms with Gasteiger partial charge in [0.05, 0.1) is 5.69 Å². The second-order valence-electron chi connectivity index (χ2n) is 10.7. The van der Waals surface area contributed by atoms with Crippen LogP contribution in [-0.4, -0.2) is 41.8 Å². The average Bonchev–Trinajstić information content (AvgIpc) is 3.28. The molecule has 0 fully saturated rings. The van der Waals surface area contributed by atoms with E-state index in [9.17, 15) is 18.8 Å². The minimum atomic E-state index is -0.742. The highest BCUT2D eigenvalue weighted by molar-refractivity contribution is 6.25. The molecule has 1 heterocycles. The van der Waals surface area contributed by atoms with E-state index in [1.165, 1.54) is 12.1 Å². The van der Waals surface area contributed by atoms with E-state index in [1.54, 1.807) is 21.9 Å². The summed E-state index contributed by atoms with van der Waals surface area (Å²) in [5.41, 5.74) is 3.22. The Kier molecular flexibility index (Phi) is 9.27. The number of carbonyl (C=O) groups is 3. The summed E-state index contributed by atoms with van der Waals surface area (Å²) in [6.45, 7) is 3.14. The minimum absolute atomic E-state index is 0.0605. The first-order valence-electron chi connectivity index (χ1n) is 14.7. The van der Waals surface area contributed by atoms with Crippen molar-refractivity contribution in [3.63, 3.8) is 0 Å². The van der Waals surface area contributed by atoms with Gasteiger partial charge in [-0.2, -0.15) is 0 Å². The molecule has 1 aliphatic heterocycles. The molecule has 4 aromatic rings. The van der Waals surface area contributed by atoms with Gasteiger partial charge >= 0.3 is 0 Å². The number of hydrogen-bond acceptors (Lipinski definition) is 3. The van der Waals surface area contributed by atoms with Crippen molar-refractivity contribution in [1.29, 1.82) is 0 Å². The lowest BCUT2D eigenvalue weighted by atomic mass is 10.0. The molecule has 216 valence electrons. The van der Waals surface area contributed by atoms with Crippen molar-refractivity contribution in [2.24, 2.45) is 0 Å². The van der Waals surface area contributed by atoms with Crippen molar-refractivity contribution in [3.8, 4) is 0 Å². The van der Waals surface area contributed by atoms with E-state index in [1.807, 2.05) is 66.7 Å². The Bertz CT molecular complexity index is 1550. The van der Waals surface area contributed by atoms with Crippen LogP contribution in [0.1, 0.15) is 54.1 Å². The first kappa shape index (κ1) is 29.0. The minimum Gasteiger partial charge on any atom is -0.354 e. The van der Waals surface area contributed by atoms with Gasteiger partial charge in [0.1, 0.15) is 11.9 Å². The third kappa shape index (κ3) is 6.51. The van der Waals surface area contributed by atoms with Crippen LogP contribution in [0, 0.1) is 5.82 Å². The summed E-state index contributed by atoms with van der Waals surface area (Å²) >= 11 is 0. The Morgan fingerprint density at radius 3 is 2.36 bits per heavy atom. The van der Waals surface area contributed by atoms with Crippen LogP contribution in [0.3, 0.4) is 0 Å². The molecule has 0 unspecified atom stereocenters. The van der Waals surface area contributed by atoms with Crippen LogP contribution >= 0.6 is 0 Å². The standard InChI is InChI=1S/C35H36FN3O3/c1-2-3-21-37-34(41)31(23-25-10-5-4-6-11-25)39(24-26-17-19-28(36)20-18-26)32(40)16-9-22-38-30-15-8-13-27-12-7-14-29(33(27)30)35(38)42/h4-8,10-15,17-20,31H,2-3,9,16,21-24H2,1H3,(H,37,41)/t31-/m1/s1. The number of carbonyl (C=O) groups excluding carboxylic acids is 3. The van der Waals surface area contributed by atoms with E-state index in [0.29, 0.717) is 31.5 Å². The lowest BCUT2D eigenvalue weighted by Crippen LogP contribution is -2.50. The molecule has 0 radical (unpaired) electrons. The number of nitrogens with zero attached hydrogens (tertiary/aromatic N) is 2. The smallest absolute Gasteiger partial charge is 0.258 e. The van der Waals surface area contributed by atoms with E-state index in [2.05, 4.69) is 12.2 Å². The molecule has 0 aromatic heterocycles. The molecule has 4 aromatic carbocycles. The van der Waals surface area contributed by atoms with Gasteiger partial charge in [0, 0.05) is 43.4 Å². The van der Waals surface area contributed by atoms with Crippen LogP contribution in [0.4, 0.5) is 10.1 Å². The van der Waals surface area contributed by atoms with Crippen molar-refractivity contribution < 1.29 is 18.8 Å². The fraction of sp³-hybridized carbons (Fsp3) is 0.286. The van der Waals surface area contributed by atoms with Gasteiger partial charge in [-0.1, -0.05) is 80.1 Å². The van der Waals surface area contributed by atoms with Crippen LogP contribution in [0.25, 0.3) is 10.8 Å². The lowest BCUT2D eigenvalue weighted by Gasteiger charge is -2.32. The summed E-state index contributed by atoms with van der Waals surface area (Å²) in [6, 6.07) is 26.5. The number of halogens is 1. The maximum absolute atomic E-state index is 13.9. The zero-order valence-corrected chi connectivity index (χ0v) is 23.9. The third-order valence-corrected chi connectivity index (χ3v) is 7.79. The van der Waals surface area contributed by atoms with Gasteiger partial charge in [0.15, 0.2) is 0 Å². The Morgan fingerprint density at radius 1 is 0.881 bits per heavy atom. The van der Waals surface area contributed by atoms with Gasteiger partial charge in [-0.25, -0.2) is 4.39 Å². The van der Waals surface area contributed by atoms with Crippen molar-refractivity contribution in [2.45, 2.75) is 51.6 Å². The summed E-state index contributed by atoms with van der Waals surface area (Å²) in [5, 5.41) is 4.98. The molecule has 1 aliphatic rings. The first-order valence-corrected chi connectivity index (χ1v) is 14.7. The van der Waals surface area contributed by atoms with Crippen LogP contribution in [0.15, 0.2) is 91.0 Å². The van der Waals surface area contributed by atoms with Gasteiger partial charge in [0.2, 0.25) is 11.8 Å². The first-order chi connectivity index (χ1) is 20.5. The van der Waals surface area contributed by atoms with E-state index in [0.717, 1.165) is 40.4 Å². The molecule has 42 heavy (non-hydrogen) atoms. The van der Waals surface area contributed by atoms with E-state index < -0.39 is 6.04 Å². The molecular formula is C35H36FN3O3. The van der Waals surface area contributed by atoms with Crippen LogP contribution in [-0.2, 0) is 22.6 Å². The molecule has 0 saturated heterocycles. The molecular weight excluding hydrogens is 529 g/mol. The SMILES string of the molecule is CCCCNC(=O)[C@@H](Cc1ccccc1)N(Cc1ccc(F)cc1)C(=O)CCCN1C(=O)c2cccc3cccc1c23. The second kappa shape index (κ2) is 13.4. The zero-order chi connectivity index (χ0) is 29.5. The summed E-state index contributed by atoms with van der Waals surface area (Å²) in [4.78, 5) is 44.1. The Balaban J connectivity index is 1.36. The number of nitrogens with one attached hydrogen (secondary N) is 1. The molecule has 1 atom stereocenters. The highest BCUT2D eigenvalue weighted by atomic mass is 19.1. The number of rotatable bonds is 13. The third-order valence-electron chi connectivity index (χ3n) is 7.79. The normalized spacial score (nSPS) is 12.9. The van der Waals surface area contributed by atoms with E-state index >= 15 is 0 Å². The number of anilines is 1. The highest BCUT2D eigenvalue weighted by Gasteiger charge is 2.32. The summed E-state index contributed by atoms with van der Waals surface area (Å²) in [6.07, 6.45) is 2.73. The van der Waals surface area contributed by atoms with E-state index in [4.69, 9.17) is 0 Å². The van der Waals surface area contributed by atoms with Crippen molar-refractivity contribution in [1.82, 2.24) is 10.2 Å². The second-order valence-corrected chi connectivity index (χ2v) is 10.7. The molecule has 0 saturated carbocycles. The van der Waals surface area contributed by atoms with Crippen LogP contribution in [0.2, 0.25) is 0 Å².